The van der Waals surface area contributed by atoms with Gasteiger partial charge in [0, 0.05) is 24.5 Å². The average Bonchev–Trinajstić information content (AvgIpc) is 3.47. The normalized spacial score (nSPS) is 17.3. The van der Waals surface area contributed by atoms with Crippen LogP contribution in [-0.4, -0.2) is 55.0 Å². The van der Waals surface area contributed by atoms with Crippen LogP contribution in [0.5, 0.6) is 5.75 Å². The van der Waals surface area contributed by atoms with Gasteiger partial charge >= 0.3 is 6.09 Å². The third-order valence-electron chi connectivity index (χ3n) is 6.72. The molecule has 1 aliphatic carbocycles. The lowest BCUT2D eigenvalue weighted by atomic mass is 9.93. The molecule has 1 saturated carbocycles. The zero-order chi connectivity index (χ0) is 26.6. The largest absolute Gasteiger partial charge is 0.487 e. The van der Waals surface area contributed by atoms with Gasteiger partial charge in [0.15, 0.2) is 5.75 Å². The molecule has 3 heterocycles. The Morgan fingerprint density at radius 1 is 1.21 bits per heavy atom. The molecule has 200 valence electrons. The van der Waals surface area contributed by atoms with Crippen LogP contribution < -0.4 is 25.8 Å². The number of nitrogens with one attached hydrogen (secondary N) is 2. The van der Waals surface area contributed by atoms with Crippen molar-refractivity contribution in [1.29, 1.82) is 0 Å². The lowest BCUT2D eigenvalue weighted by molar-refractivity contribution is 0.0920. The van der Waals surface area contributed by atoms with E-state index in [-0.39, 0.29) is 18.0 Å². The first kappa shape index (κ1) is 26.3. The maximum atomic E-state index is 13.1. The Balaban J connectivity index is 1.21. The zero-order valence-corrected chi connectivity index (χ0v) is 22.5. The molecule has 2 aliphatic rings. The van der Waals surface area contributed by atoms with Gasteiger partial charge in [0.1, 0.15) is 12.7 Å². The maximum absolute atomic E-state index is 13.1. The molecule has 1 aromatic carbocycles. The standard InChI is InChI=1S/C27H29ClN4O5S/c1-17-14-19(32-16-20(37-27(32)35)15-30-25(33)23-9-10-24(28)38-23)7-8-21(17)31-12-3-6-22(26(31)34)36-13-11-29-18-4-2-5-18/h3,6-10,12,14,18,20,29H,2,4-5,11,13,15-16H2,1H3,(H,30,33)/t20-/m0/s1. The molecule has 0 unspecified atom stereocenters. The number of nitrogens with zero attached hydrogens (tertiary/aromatic N) is 2. The molecule has 3 aromatic rings. The van der Waals surface area contributed by atoms with E-state index in [0.29, 0.717) is 52.1 Å². The van der Waals surface area contributed by atoms with Gasteiger partial charge < -0.3 is 20.1 Å². The summed E-state index contributed by atoms with van der Waals surface area (Å²) in [4.78, 5) is 39.9. The summed E-state index contributed by atoms with van der Waals surface area (Å²) < 4.78 is 13.3. The highest BCUT2D eigenvalue weighted by molar-refractivity contribution is 7.18. The van der Waals surface area contributed by atoms with E-state index in [4.69, 9.17) is 21.1 Å². The lowest BCUT2D eigenvalue weighted by Crippen LogP contribution is -2.37. The van der Waals surface area contributed by atoms with E-state index < -0.39 is 12.2 Å². The molecule has 5 rings (SSSR count). The Kier molecular flexibility index (Phi) is 8.01. The van der Waals surface area contributed by atoms with Gasteiger partial charge in [-0.25, -0.2) is 4.79 Å². The first-order chi connectivity index (χ1) is 18.4. The van der Waals surface area contributed by atoms with Crippen LogP contribution in [0.4, 0.5) is 10.5 Å². The fraction of sp³-hybridized carbons (Fsp3) is 0.370. The molecule has 2 N–H and O–H groups in total. The van der Waals surface area contributed by atoms with Crippen LogP contribution in [0.2, 0.25) is 4.34 Å². The van der Waals surface area contributed by atoms with E-state index in [1.165, 1.54) is 35.5 Å². The predicted molar refractivity (Wildman–Crippen MR) is 147 cm³/mol. The van der Waals surface area contributed by atoms with Crippen molar-refractivity contribution in [2.75, 3.05) is 31.1 Å². The molecule has 1 saturated heterocycles. The molecular formula is C27H29ClN4O5S. The Bertz CT molecular complexity index is 1390. The second-order valence-corrected chi connectivity index (χ2v) is 11.1. The second kappa shape index (κ2) is 11.6. The molecule has 2 amide bonds. The number of aryl methyl sites for hydroxylation is 1. The van der Waals surface area contributed by atoms with Crippen molar-refractivity contribution in [3.63, 3.8) is 0 Å². The van der Waals surface area contributed by atoms with Crippen LogP contribution in [0.15, 0.2) is 53.5 Å². The minimum Gasteiger partial charge on any atom is -0.487 e. The van der Waals surface area contributed by atoms with Crippen molar-refractivity contribution < 1.29 is 19.1 Å². The Morgan fingerprint density at radius 2 is 2.05 bits per heavy atom. The summed E-state index contributed by atoms with van der Waals surface area (Å²) in [6.07, 6.45) is 4.39. The molecule has 2 fully saturated rings. The number of benzene rings is 1. The minimum atomic E-state index is -0.489. The third-order valence-corrected chi connectivity index (χ3v) is 7.95. The number of anilines is 1. The topological polar surface area (TPSA) is 102 Å². The van der Waals surface area contributed by atoms with E-state index in [1.807, 2.05) is 13.0 Å². The van der Waals surface area contributed by atoms with Crippen molar-refractivity contribution in [2.45, 2.75) is 38.3 Å². The molecule has 0 spiro atoms. The fourth-order valence-electron chi connectivity index (χ4n) is 4.46. The van der Waals surface area contributed by atoms with Crippen molar-refractivity contribution in [1.82, 2.24) is 15.2 Å². The summed E-state index contributed by atoms with van der Waals surface area (Å²) in [7, 11) is 0. The Hall–Kier alpha value is -3.34. The lowest BCUT2D eigenvalue weighted by Gasteiger charge is -2.26. The van der Waals surface area contributed by atoms with Crippen molar-refractivity contribution >= 4 is 40.6 Å². The van der Waals surface area contributed by atoms with Crippen molar-refractivity contribution in [3.05, 3.63) is 73.8 Å². The molecule has 1 atom stereocenters. The van der Waals surface area contributed by atoms with E-state index >= 15 is 0 Å². The van der Waals surface area contributed by atoms with Crippen LogP contribution in [0.3, 0.4) is 0 Å². The molecule has 0 radical (unpaired) electrons. The summed E-state index contributed by atoms with van der Waals surface area (Å²) in [6.45, 7) is 3.49. The van der Waals surface area contributed by atoms with Gasteiger partial charge in [0.05, 0.1) is 28.0 Å². The van der Waals surface area contributed by atoms with Crippen LogP contribution in [0, 0.1) is 6.92 Å². The average molecular weight is 557 g/mol. The number of thiophene rings is 1. The number of halogens is 1. The number of amides is 2. The number of hydrogen-bond donors (Lipinski definition) is 2. The Morgan fingerprint density at radius 3 is 2.76 bits per heavy atom. The SMILES string of the molecule is Cc1cc(N2C[C@H](CNC(=O)c3ccc(Cl)s3)OC2=O)ccc1-n1cccc(OCCNC2CCC2)c1=O. The number of ether oxygens (including phenoxy) is 2. The number of cyclic esters (lactones) is 1. The van der Waals surface area contributed by atoms with Crippen molar-refractivity contribution in [3.8, 4) is 11.4 Å². The van der Waals surface area contributed by atoms with Gasteiger partial charge in [0.2, 0.25) is 0 Å². The van der Waals surface area contributed by atoms with Gasteiger partial charge in [-0.1, -0.05) is 18.0 Å². The molecular weight excluding hydrogens is 528 g/mol. The monoisotopic (exact) mass is 556 g/mol. The van der Waals surface area contributed by atoms with E-state index in [9.17, 15) is 14.4 Å². The molecule has 38 heavy (non-hydrogen) atoms. The van der Waals surface area contributed by atoms with Crippen LogP contribution in [-0.2, 0) is 4.74 Å². The number of carbonyl (C=O) groups excluding carboxylic acids is 2. The number of pyridine rings is 1. The Labute approximate surface area is 229 Å². The number of hydrogen-bond acceptors (Lipinski definition) is 7. The molecule has 0 bridgehead atoms. The van der Waals surface area contributed by atoms with E-state index in [2.05, 4.69) is 10.6 Å². The third kappa shape index (κ3) is 5.87. The number of aromatic nitrogens is 1. The molecule has 1 aliphatic heterocycles. The van der Waals surface area contributed by atoms with Crippen LogP contribution >= 0.6 is 22.9 Å². The van der Waals surface area contributed by atoms with Crippen LogP contribution in [0.1, 0.15) is 34.5 Å². The van der Waals surface area contributed by atoms with Gasteiger partial charge in [-0.3, -0.25) is 19.1 Å². The number of rotatable bonds is 10. The zero-order valence-electron chi connectivity index (χ0n) is 20.9. The highest BCUT2D eigenvalue weighted by Crippen LogP contribution is 2.26. The summed E-state index contributed by atoms with van der Waals surface area (Å²) in [5.41, 5.74) is 1.92. The van der Waals surface area contributed by atoms with Gasteiger partial charge in [-0.2, -0.15) is 0 Å². The summed E-state index contributed by atoms with van der Waals surface area (Å²) in [5.74, 6) is 0.0343. The van der Waals surface area contributed by atoms with E-state index in [1.54, 1.807) is 47.2 Å². The smallest absolute Gasteiger partial charge is 0.414 e. The summed E-state index contributed by atoms with van der Waals surface area (Å²) >= 11 is 7.08. The predicted octanol–water partition coefficient (Wildman–Crippen LogP) is 4.14. The summed E-state index contributed by atoms with van der Waals surface area (Å²) in [6, 6.07) is 12.8. The first-order valence-electron chi connectivity index (χ1n) is 12.6. The molecule has 2 aromatic heterocycles. The molecule has 9 nitrogen and oxygen atoms in total. The van der Waals surface area contributed by atoms with Crippen molar-refractivity contribution in [2.24, 2.45) is 0 Å². The van der Waals surface area contributed by atoms with Gasteiger partial charge in [-0.05, 0) is 67.8 Å². The highest BCUT2D eigenvalue weighted by atomic mass is 35.5. The quantitative estimate of drug-likeness (QED) is 0.364. The first-order valence-corrected chi connectivity index (χ1v) is 13.8. The minimum absolute atomic E-state index is 0.187. The summed E-state index contributed by atoms with van der Waals surface area (Å²) in [5, 5.41) is 6.21. The molecule has 11 heteroatoms. The number of carbonyl (C=O) groups is 2. The van der Waals surface area contributed by atoms with Crippen LogP contribution in [0.25, 0.3) is 5.69 Å². The second-order valence-electron chi connectivity index (χ2n) is 9.38. The fourth-order valence-corrected chi connectivity index (χ4v) is 5.42. The van der Waals surface area contributed by atoms with Gasteiger partial charge in [0.25, 0.3) is 11.5 Å². The maximum Gasteiger partial charge on any atom is 0.414 e. The highest BCUT2D eigenvalue weighted by Gasteiger charge is 2.33. The van der Waals surface area contributed by atoms with Gasteiger partial charge in [-0.15, -0.1) is 11.3 Å². The van der Waals surface area contributed by atoms with E-state index in [0.717, 1.165) is 5.56 Å².